The van der Waals surface area contributed by atoms with Crippen molar-refractivity contribution in [3.63, 3.8) is 0 Å². The number of halogens is 1. The van der Waals surface area contributed by atoms with Crippen molar-refractivity contribution in [3.8, 4) is 0 Å². The molecule has 1 unspecified atom stereocenters. The maximum absolute atomic E-state index is 6.04. The first kappa shape index (κ1) is 14.8. The van der Waals surface area contributed by atoms with Gasteiger partial charge in [0.1, 0.15) is 0 Å². The van der Waals surface area contributed by atoms with Crippen LogP contribution in [0.15, 0.2) is 0 Å². The molecule has 1 atom stereocenters. The Morgan fingerprint density at radius 3 is 2.43 bits per heavy atom. The van der Waals surface area contributed by atoms with Crippen molar-refractivity contribution in [3.05, 3.63) is 5.28 Å². The molecule has 2 saturated heterocycles. The molecule has 0 radical (unpaired) electrons. The highest BCUT2D eigenvalue weighted by molar-refractivity contribution is 6.28. The lowest BCUT2D eigenvalue weighted by Gasteiger charge is -2.22. The molecule has 3 rings (SSSR count). The van der Waals surface area contributed by atoms with E-state index in [1.54, 1.807) is 0 Å². The van der Waals surface area contributed by atoms with Crippen LogP contribution in [-0.2, 0) is 0 Å². The van der Waals surface area contributed by atoms with Crippen LogP contribution in [0.4, 0.5) is 11.9 Å². The average Bonchev–Trinajstić information content (AvgIpc) is 3.10. The number of aromatic nitrogens is 3. The molecule has 1 aromatic heterocycles. The van der Waals surface area contributed by atoms with E-state index in [0.717, 1.165) is 19.6 Å². The Hall–Kier alpha value is -1.14. The Morgan fingerprint density at radius 1 is 1.05 bits per heavy atom. The zero-order valence-electron chi connectivity index (χ0n) is 12.6. The van der Waals surface area contributed by atoms with Crippen molar-refractivity contribution in [2.24, 2.45) is 0 Å². The molecule has 3 heterocycles. The van der Waals surface area contributed by atoms with Gasteiger partial charge >= 0.3 is 0 Å². The van der Waals surface area contributed by atoms with Gasteiger partial charge in [0.05, 0.1) is 0 Å². The van der Waals surface area contributed by atoms with E-state index in [1.807, 2.05) is 0 Å². The van der Waals surface area contributed by atoms with Crippen LogP contribution in [0.5, 0.6) is 0 Å². The molecular formula is C14H23ClN6. The molecule has 0 spiro atoms. The zero-order chi connectivity index (χ0) is 14.7. The molecule has 116 valence electrons. The molecule has 1 aromatic rings. The predicted molar refractivity (Wildman–Crippen MR) is 85.0 cm³/mol. The Balaban J connectivity index is 1.63. The molecule has 0 aliphatic carbocycles. The van der Waals surface area contributed by atoms with Gasteiger partial charge in [0.15, 0.2) is 0 Å². The van der Waals surface area contributed by atoms with E-state index in [1.165, 1.54) is 38.8 Å². The average molecular weight is 311 g/mol. The van der Waals surface area contributed by atoms with Gasteiger partial charge in [-0.1, -0.05) is 0 Å². The van der Waals surface area contributed by atoms with Crippen LogP contribution in [-0.4, -0.2) is 58.6 Å². The number of anilines is 2. The van der Waals surface area contributed by atoms with Crippen LogP contribution < -0.4 is 10.2 Å². The van der Waals surface area contributed by atoms with E-state index in [-0.39, 0.29) is 5.28 Å². The lowest BCUT2D eigenvalue weighted by atomic mass is 10.3. The van der Waals surface area contributed by atoms with Gasteiger partial charge in [-0.25, -0.2) is 0 Å². The Kier molecular flexibility index (Phi) is 4.75. The predicted octanol–water partition coefficient (Wildman–Crippen LogP) is 2.02. The van der Waals surface area contributed by atoms with Crippen molar-refractivity contribution in [1.82, 2.24) is 19.9 Å². The van der Waals surface area contributed by atoms with Crippen molar-refractivity contribution < 1.29 is 0 Å². The summed E-state index contributed by atoms with van der Waals surface area (Å²) in [5.74, 6) is 1.28. The Morgan fingerprint density at radius 2 is 1.71 bits per heavy atom. The first-order chi connectivity index (χ1) is 10.2. The summed E-state index contributed by atoms with van der Waals surface area (Å²) >= 11 is 6.04. The van der Waals surface area contributed by atoms with Gasteiger partial charge in [-0.05, 0) is 57.3 Å². The summed E-state index contributed by atoms with van der Waals surface area (Å²) in [5.41, 5.74) is 0. The number of hydrogen-bond acceptors (Lipinski definition) is 6. The van der Waals surface area contributed by atoms with E-state index >= 15 is 0 Å². The molecule has 2 aliphatic rings. The smallest absolute Gasteiger partial charge is 0.231 e. The second-order valence-electron chi connectivity index (χ2n) is 5.98. The summed E-state index contributed by atoms with van der Waals surface area (Å²) in [7, 11) is 0. The van der Waals surface area contributed by atoms with E-state index < -0.39 is 0 Å². The van der Waals surface area contributed by atoms with Gasteiger partial charge < -0.3 is 15.1 Å². The normalized spacial score (nSPS) is 21.0. The highest BCUT2D eigenvalue weighted by Gasteiger charge is 2.19. The molecule has 21 heavy (non-hydrogen) atoms. The second kappa shape index (κ2) is 6.75. The molecule has 0 aromatic carbocycles. The maximum Gasteiger partial charge on any atom is 0.231 e. The standard InChI is InChI=1S/C14H23ClN6/c1-11(10-20-6-2-3-7-20)16-13-17-12(15)18-14(19-13)21-8-4-5-9-21/h11H,2-10H2,1H3,(H,16,17,18,19). The van der Waals surface area contributed by atoms with Crippen molar-refractivity contribution in [1.29, 1.82) is 0 Å². The van der Waals surface area contributed by atoms with E-state index in [4.69, 9.17) is 11.6 Å². The third kappa shape index (κ3) is 3.95. The first-order valence-corrected chi connectivity index (χ1v) is 8.24. The molecule has 2 aliphatic heterocycles. The SMILES string of the molecule is CC(CN1CCCC1)Nc1nc(Cl)nc(N2CCCC2)n1. The van der Waals surface area contributed by atoms with Crippen molar-refractivity contribution in [2.75, 3.05) is 42.9 Å². The fourth-order valence-electron chi connectivity index (χ4n) is 3.08. The minimum Gasteiger partial charge on any atom is -0.350 e. The minimum absolute atomic E-state index is 0.266. The number of nitrogens with zero attached hydrogens (tertiary/aromatic N) is 5. The fourth-order valence-corrected chi connectivity index (χ4v) is 3.24. The molecule has 0 amide bonds. The second-order valence-corrected chi connectivity index (χ2v) is 6.31. The van der Waals surface area contributed by atoms with Gasteiger partial charge in [0, 0.05) is 25.7 Å². The minimum atomic E-state index is 0.266. The van der Waals surface area contributed by atoms with Crippen LogP contribution in [0.2, 0.25) is 5.28 Å². The fraction of sp³-hybridized carbons (Fsp3) is 0.786. The molecule has 0 bridgehead atoms. The molecule has 6 nitrogen and oxygen atoms in total. The summed E-state index contributed by atoms with van der Waals surface area (Å²) in [6, 6.07) is 0.299. The van der Waals surface area contributed by atoms with E-state index in [2.05, 4.69) is 37.0 Å². The van der Waals surface area contributed by atoms with Gasteiger partial charge in [0.25, 0.3) is 0 Å². The monoisotopic (exact) mass is 310 g/mol. The number of rotatable bonds is 5. The summed E-state index contributed by atoms with van der Waals surface area (Å²) in [6.07, 6.45) is 5.00. The summed E-state index contributed by atoms with van der Waals surface area (Å²) in [4.78, 5) is 17.6. The first-order valence-electron chi connectivity index (χ1n) is 7.86. The van der Waals surface area contributed by atoms with Crippen LogP contribution in [0, 0.1) is 0 Å². The molecule has 0 saturated carbocycles. The van der Waals surface area contributed by atoms with Crippen LogP contribution >= 0.6 is 11.6 Å². The van der Waals surface area contributed by atoms with Gasteiger partial charge in [-0.3, -0.25) is 0 Å². The van der Waals surface area contributed by atoms with E-state index in [0.29, 0.717) is 17.9 Å². The third-order valence-corrected chi connectivity index (χ3v) is 4.26. The lowest BCUT2D eigenvalue weighted by Crippen LogP contribution is -2.33. The summed E-state index contributed by atoms with van der Waals surface area (Å²) in [5, 5.41) is 3.62. The number of likely N-dealkylation sites (tertiary alicyclic amines) is 1. The Bertz CT molecular complexity index is 471. The van der Waals surface area contributed by atoms with Gasteiger partial charge in [0.2, 0.25) is 17.2 Å². The lowest BCUT2D eigenvalue weighted by molar-refractivity contribution is 0.327. The zero-order valence-corrected chi connectivity index (χ0v) is 13.3. The molecular weight excluding hydrogens is 288 g/mol. The van der Waals surface area contributed by atoms with Crippen LogP contribution in [0.3, 0.4) is 0 Å². The van der Waals surface area contributed by atoms with Crippen molar-refractivity contribution in [2.45, 2.75) is 38.6 Å². The van der Waals surface area contributed by atoms with Gasteiger partial charge in [-0.2, -0.15) is 15.0 Å². The van der Waals surface area contributed by atoms with Crippen molar-refractivity contribution >= 4 is 23.5 Å². The van der Waals surface area contributed by atoms with Crippen LogP contribution in [0.1, 0.15) is 32.6 Å². The number of hydrogen-bond donors (Lipinski definition) is 1. The summed E-state index contributed by atoms with van der Waals surface area (Å²) < 4.78 is 0. The quantitative estimate of drug-likeness (QED) is 0.898. The van der Waals surface area contributed by atoms with Gasteiger partial charge in [-0.15, -0.1) is 0 Å². The largest absolute Gasteiger partial charge is 0.350 e. The van der Waals surface area contributed by atoms with E-state index in [9.17, 15) is 0 Å². The molecule has 2 fully saturated rings. The topological polar surface area (TPSA) is 57.2 Å². The highest BCUT2D eigenvalue weighted by Crippen LogP contribution is 2.19. The summed E-state index contributed by atoms with van der Waals surface area (Å²) in [6.45, 7) is 7.58. The maximum atomic E-state index is 6.04. The molecule has 7 heteroatoms. The molecule has 1 N–H and O–H groups in total. The van der Waals surface area contributed by atoms with Crippen LogP contribution in [0.25, 0.3) is 0 Å². The number of nitrogens with one attached hydrogen (secondary N) is 1. The highest BCUT2D eigenvalue weighted by atomic mass is 35.5. The third-order valence-electron chi connectivity index (χ3n) is 4.09. The Labute approximate surface area is 130 Å².